The van der Waals surface area contributed by atoms with Gasteiger partial charge in [0.25, 0.3) is 11.8 Å². The molecular weight excluding hydrogens is 356 g/mol. The number of hydrogen-bond donors (Lipinski definition) is 0. The number of benzene rings is 2. The highest BCUT2D eigenvalue weighted by Gasteiger charge is 2.43. The molecular formula is C22H22N2O4. The number of carbonyl (C=O) groups excluding carboxylic acids is 2. The Labute approximate surface area is 164 Å². The molecule has 2 aromatic rings. The number of likely N-dealkylation sites (tertiary alicyclic amines) is 1. The zero-order valence-electron chi connectivity index (χ0n) is 16.0. The molecule has 1 saturated heterocycles. The number of amides is 2. The Morgan fingerprint density at radius 1 is 0.821 bits per heavy atom. The fourth-order valence-corrected chi connectivity index (χ4v) is 3.82. The maximum Gasteiger partial charge on any atom is 0.282 e. The molecule has 0 bridgehead atoms. The van der Waals surface area contributed by atoms with Crippen LogP contribution in [-0.4, -0.2) is 44.0 Å². The molecule has 0 radical (unpaired) electrons. The third-order valence-electron chi connectivity index (χ3n) is 5.17. The van der Waals surface area contributed by atoms with Gasteiger partial charge in [0.15, 0.2) is 11.5 Å². The van der Waals surface area contributed by atoms with Gasteiger partial charge in [-0.3, -0.25) is 9.59 Å². The SMILES string of the molecule is COc1ccc(N2C(=O)C(c3ccccc3)=C(N3CCCC3)C2=O)cc1OC. The minimum absolute atomic E-state index is 0.294. The number of hydrogen-bond acceptors (Lipinski definition) is 5. The van der Waals surface area contributed by atoms with Crippen LogP contribution in [0.3, 0.4) is 0 Å². The second-order valence-corrected chi connectivity index (χ2v) is 6.77. The molecule has 6 heteroatoms. The predicted octanol–water partition coefficient (Wildman–Crippen LogP) is 3.08. The molecule has 2 heterocycles. The fourth-order valence-electron chi connectivity index (χ4n) is 3.82. The Balaban J connectivity index is 1.81. The van der Waals surface area contributed by atoms with Crippen LogP contribution >= 0.6 is 0 Å². The Morgan fingerprint density at radius 3 is 2.14 bits per heavy atom. The molecule has 2 aromatic carbocycles. The molecule has 0 atom stereocenters. The van der Waals surface area contributed by atoms with E-state index in [2.05, 4.69) is 0 Å². The van der Waals surface area contributed by atoms with E-state index in [1.807, 2.05) is 35.2 Å². The van der Waals surface area contributed by atoms with Gasteiger partial charge >= 0.3 is 0 Å². The summed E-state index contributed by atoms with van der Waals surface area (Å²) in [4.78, 5) is 30.0. The summed E-state index contributed by atoms with van der Waals surface area (Å²) in [5.41, 5.74) is 2.17. The first-order chi connectivity index (χ1) is 13.7. The highest BCUT2D eigenvalue weighted by atomic mass is 16.5. The van der Waals surface area contributed by atoms with Crippen molar-refractivity contribution in [2.45, 2.75) is 12.8 Å². The van der Waals surface area contributed by atoms with E-state index in [1.54, 1.807) is 25.3 Å². The maximum atomic E-state index is 13.4. The third-order valence-corrected chi connectivity index (χ3v) is 5.17. The molecule has 1 fully saturated rings. The van der Waals surface area contributed by atoms with Crippen molar-refractivity contribution in [3.8, 4) is 11.5 Å². The summed E-state index contributed by atoms with van der Waals surface area (Å²) in [5, 5.41) is 0. The zero-order chi connectivity index (χ0) is 19.7. The van der Waals surface area contributed by atoms with Crippen molar-refractivity contribution in [3.05, 3.63) is 59.8 Å². The lowest BCUT2D eigenvalue weighted by molar-refractivity contribution is -0.120. The molecule has 28 heavy (non-hydrogen) atoms. The average molecular weight is 378 g/mol. The van der Waals surface area contributed by atoms with Gasteiger partial charge in [-0.2, -0.15) is 0 Å². The van der Waals surface area contributed by atoms with Crippen molar-refractivity contribution >= 4 is 23.1 Å². The van der Waals surface area contributed by atoms with Gasteiger partial charge in [-0.15, -0.1) is 0 Å². The van der Waals surface area contributed by atoms with Gasteiger partial charge in [0.2, 0.25) is 0 Å². The highest BCUT2D eigenvalue weighted by Crippen LogP contribution is 2.38. The molecule has 0 aliphatic carbocycles. The summed E-state index contributed by atoms with van der Waals surface area (Å²) < 4.78 is 10.6. The minimum atomic E-state index is -0.315. The second kappa shape index (κ2) is 7.38. The fraction of sp³-hybridized carbons (Fsp3) is 0.273. The number of anilines is 1. The van der Waals surface area contributed by atoms with Crippen LogP contribution < -0.4 is 14.4 Å². The number of carbonyl (C=O) groups is 2. The lowest BCUT2D eigenvalue weighted by atomic mass is 10.0. The third kappa shape index (κ3) is 2.91. The summed E-state index contributed by atoms with van der Waals surface area (Å²) in [5.74, 6) is 0.404. The topological polar surface area (TPSA) is 59.1 Å². The molecule has 2 aliphatic rings. The predicted molar refractivity (Wildman–Crippen MR) is 106 cm³/mol. The van der Waals surface area contributed by atoms with Crippen LogP contribution in [0, 0.1) is 0 Å². The molecule has 0 saturated carbocycles. The van der Waals surface area contributed by atoms with Crippen molar-refractivity contribution in [2.24, 2.45) is 0 Å². The highest BCUT2D eigenvalue weighted by molar-refractivity contribution is 6.45. The van der Waals surface area contributed by atoms with Crippen molar-refractivity contribution in [1.82, 2.24) is 4.90 Å². The van der Waals surface area contributed by atoms with Crippen LogP contribution in [0.25, 0.3) is 5.57 Å². The number of nitrogens with zero attached hydrogens (tertiary/aromatic N) is 2. The Kier molecular flexibility index (Phi) is 4.77. The Morgan fingerprint density at radius 2 is 1.50 bits per heavy atom. The summed E-state index contributed by atoms with van der Waals surface area (Å²) >= 11 is 0. The molecule has 2 aliphatic heterocycles. The first-order valence-electron chi connectivity index (χ1n) is 9.31. The quantitative estimate of drug-likeness (QED) is 0.749. The monoisotopic (exact) mass is 378 g/mol. The van der Waals surface area contributed by atoms with Gasteiger partial charge in [0.05, 0.1) is 25.5 Å². The maximum absolute atomic E-state index is 13.4. The van der Waals surface area contributed by atoms with Crippen LogP contribution in [0.2, 0.25) is 0 Å². The molecule has 0 N–H and O–H groups in total. The molecule has 0 unspecified atom stereocenters. The normalized spacial score (nSPS) is 16.9. The van der Waals surface area contributed by atoms with E-state index in [4.69, 9.17) is 9.47 Å². The van der Waals surface area contributed by atoms with Crippen LogP contribution in [0.4, 0.5) is 5.69 Å². The molecule has 0 aromatic heterocycles. The molecule has 0 spiro atoms. The van der Waals surface area contributed by atoms with Crippen molar-refractivity contribution in [2.75, 3.05) is 32.2 Å². The van der Waals surface area contributed by atoms with E-state index in [0.717, 1.165) is 31.5 Å². The largest absolute Gasteiger partial charge is 0.493 e. The van der Waals surface area contributed by atoms with E-state index in [-0.39, 0.29) is 11.8 Å². The van der Waals surface area contributed by atoms with Crippen molar-refractivity contribution in [3.63, 3.8) is 0 Å². The van der Waals surface area contributed by atoms with Gasteiger partial charge in [-0.05, 0) is 30.5 Å². The summed E-state index contributed by atoms with van der Waals surface area (Å²) in [7, 11) is 3.07. The lowest BCUT2D eigenvalue weighted by Crippen LogP contribution is -2.34. The Bertz CT molecular complexity index is 946. The number of ether oxygens (including phenoxy) is 2. The second-order valence-electron chi connectivity index (χ2n) is 6.77. The van der Waals surface area contributed by atoms with Crippen molar-refractivity contribution in [1.29, 1.82) is 0 Å². The van der Waals surface area contributed by atoms with Gasteiger partial charge < -0.3 is 14.4 Å². The summed E-state index contributed by atoms with van der Waals surface area (Å²) in [6, 6.07) is 14.4. The smallest absolute Gasteiger partial charge is 0.282 e. The van der Waals surface area contributed by atoms with Gasteiger partial charge in [0.1, 0.15) is 5.70 Å². The van der Waals surface area contributed by atoms with Gasteiger partial charge in [-0.1, -0.05) is 30.3 Å². The van der Waals surface area contributed by atoms with Crippen LogP contribution in [0.5, 0.6) is 11.5 Å². The van der Waals surface area contributed by atoms with Crippen LogP contribution in [-0.2, 0) is 9.59 Å². The lowest BCUT2D eigenvalue weighted by Gasteiger charge is -2.20. The molecule has 2 amide bonds. The summed E-state index contributed by atoms with van der Waals surface area (Å²) in [6.45, 7) is 1.56. The zero-order valence-corrected chi connectivity index (χ0v) is 16.0. The van der Waals surface area contributed by atoms with Crippen LogP contribution in [0.1, 0.15) is 18.4 Å². The van der Waals surface area contributed by atoms with E-state index in [1.165, 1.54) is 12.0 Å². The number of imide groups is 1. The first kappa shape index (κ1) is 18.1. The minimum Gasteiger partial charge on any atom is -0.493 e. The molecule has 144 valence electrons. The number of rotatable bonds is 5. The van der Waals surface area contributed by atoms with Gasteiger partial charge in [0, 0.05) is 19.2 Å². The average Bonchev–Trinajstić information content (AvgIpc) is 3.34. The van der Waals surface area contributed by atoms with Gasteiger partial charge in [-0.25, -0.2) is 4.90 Å². The summed E-state index contributed by atoms with van der Waals surface area (Å²) in [6.07, 6.45) is 2.03. The first-order valence-corrected chi connectivity index (χ1v) is 9.31. The molecule has 6 nitrogen and oxygen atoms in total. The Hall–Kier alpha value is -3.28. The van der Waals surface area contributed by atoms with E-state index >= 15 is 0 Å². The van der Waals surface area contributed by atoms with E-state index in [9.17, 15) is 9.59 Å². The standard InChI is InChI=1S/C22H22N2O4/c1-27-17-11-10-16(14-18(17)28-2)24-21(25)19(15-8-4-3-5-9-15)20(22(24)26)23-12-6-7-13-23/h3-5,8-11,14H,6-7,12-13H2,1-2H3. The molecule has 4 rings (SSSR count). The van der Waals surface area contributed by atoms with E-state index in [0.29, 0.717) is 28.5 Å². The number of methoxy groups -OCH3 is 2. The van der Waals surface area contributed by atoms with Crippen molar-refractivity contribution < 1.29 is 19.1 Å². The van der Waals surface area contributed by atoms with Crippen LogP contribution in [0.15, 0.2) is 54.2 Å². The van der Waals surface area contributed by atoms with E-state index < -0.39 is 0 Å².